The fourth-order valence-electron chi connectivity index (χ4n) is 4.03. The second kappa shape index (κ2) is 4.98. The average molecular weight is 325 g/mol. The molecule has 1 saturated carbocycles. The highest BCUT2D eigenvalue weighted by Crippen LogP contribution is 2.63. The molecule has 120 valence electrons. The number of carbonyl (C=O) groups excluding carboxylic acids is 1. The lowest BCUT2D eigenvalue weighted by molar-refractivity contribution is -0.146. The van der Waals surface area contributed by atoms with Gasteiger partial charge in [-0.15, -0.1) is 0 Å². The number of allylic oxidation sites excluding steroid dienone is 3. The molecule has 1 amide bonds. The normalized spacial score (nSPS) is 41.1. The Balaban J connectivity index is 1.67. The van der Waals surface area contributed by atoms with Crippen LogP contribution in [0.2, 0.25) is 0 Å². The maximum Gasteiger partial charge on any atom is 0.245 e. The van der Waals surface area contributed by atoms with Crippen molar-refractivity contribution in [1.82, 2.24) is 10.2 Å². The fourth-order valence-corrected chi connectivity index (χ4v) is 4.42. The first-order valence-electron chi connectivity index (χ1n) is 7.88. The molecule has 2 saturated heterocycles. The van der Waals surface area contributed by atoms with Crippen molar-refractivity contribution in [3.05, 3.63) is 22.9 Å². The Hall–Kier alpha value is -1.04. The molecule has 0 aromatic carbocycles. The van der Waals surface area contributed by atoms with Crippen LogP contribution >= 0.6 is 11.6 Å². The molecule has 5 nitrogen and oxygen atoms in total. The van der Waals surface area contributed by atoms with E-state index in [-0.39, 0.29) is 29.7 Å². The highest BCUT2D eigenvalue weighted by molar-refractivity contribution is 6.30. The predicted molar refractivity (Wildman–Crippen MR) is 82.0 cm³/mol. The number of nitrogens with zero attached hydrogens (tertiary/aromatic N) is 1. The van der Waals surface area contributed by atoms with Gasteiger partial charge in [0.25, 0.3) is 0 Å². The maximum atomic E-state index is 12.7. The van der Waals surface area contributed by atoms with E-state index in [9.17, 15) is 4.79 Å². The zero-order valence-corrected chi connectivity index (χ0v) is 13.6. The first-order valence-corrected chi connectivity index (χ1v) is 8.26. The third-order valence-electron chi connectivity index (χ3n) is 5.34. The van der Waals surface area contributed by atoms with Crippen LogP contribution in [-0.2, 0) is 14.3 Å². The van der Waals surface area contributed by atoms with Gasteiger partial charge in [0.15, 0.2) is 6.29 Å². The molecule has 0 radical (unpaired) electrons. The Labute approximate surface area is 135 Å². The summed E-state index contributed by atoms with van der Waals surface area (Å²) in [5.41, 5.74) is 1.07. The van der Waals surface area contributed by atoms with E-state index in [0.717, 1.165) is 17.2 Å². The summed E-state index contributed by atoms with van der Waals surface area (Å²) in [6.07, 6.45) is 4.69. The molecule has 2 heterocycles. The van der Waals surface area contributed by atoms with E-state index in [0.29, 0.717) is 25.7 Å². The zero-order chi connectivity index (χ0) is 15.5. The SMILES string of the molecule is CC1NC2=CC=C(Cl)C3CC3(C)C2N(CC2OCCO2)C1=O. The molecular formula is C16H21ClN2O3. The average Bonchev–Trinajstić information content (AvgIpc) is 2.94. The molecule has 0 aromatic heterocycles. The van der Waals surface area contributed by atoms with E-state index < -0.39 is 0 Å². The van der Waals surface area contributed by atoms with Crippen LogP contribution in [0.5, 0.6) is 0 Å². The summed E-state index contributed by atoms with van der Waals surface area (Å²) in [5, 5.41) is 4.24. The van der Waals surface area contributed by atoms with Crippen molar-refractivity contribution in [2.75, 3.05) is 19.8 Å². The van der Waals surface area contributed by atoms with Gasteiger partial charge in [-0.3, -0.25) is 4.79 Å². The molecule has 4 rings (SSSR count). The second-order valence-corrected chi connectivity index (χ2v) is 7.30. The Morgan fingerprint density at radius 1 is 1.41 bits per heavy atom. The topological polar surface area (TPSA) is 50.8 Å². The first-order chi connectivity index (χ1) is 10.5. The molecule has 0 bridgehead atoms. The molecule has 6 heteroatoms. The van der Waals surface area contributed by atoms with Crippen molar-refractivity contribution in [1.29, 1.82) is 0 Å². The molecule has 0 spiro atoms. The summed E-state index contributed by atoms with van der Waals surface area (Å²) < 4.78 is 11.1. The number of amides is 1. The summed E-state index contributed by atoms with van der Waals surface area (Å²) in [4.78, 5) is 14.7. The van der Waals surface area contributed by atoms with E-state index in [1.165, 1.54) is 0 Å². The minimum Gasteiger partial charge on any atom is -0.376 e. The number of carbonyl (C=O) groups is 1. The number of hydrogen-bond acceptors (Lipinski definition) is 4. The standard InChI is InChI=1S/C16H21ClN2O3/c1-9-15(20)19(8-13-21-5-6-22-13)14-12(18-9)4-3-11(17)10-7-16(10,14)2/h3-4,9-10,13-14,18H,5-8H2,1-2H3. The van der Waals surface area contributed by atoms with Crippen molar-refractivity contribution in [3.63, 3.8) is 0 Å². The van der Waals surface area contributed by atoms with E-state index in [1.807, 2.05) is 24.0 Å². The van der Waals surface area contributed by atoms with E-state index in [2.05, 4.69) is 12.2 Å². The summed E-state index contributed by atoms with van der Waals surface area (Å²) in [7, 11) is 0. The second-order valence-electron chi connectivity index (χ2n) is 6.87. The molecule has 0 aromatic rings. The monoisotopic (exact) mass is 324 g/mol. The smallest absolute Gasteiger partial charge is 0.245 e. The summed E-state index contributed by atoms with van der Waals surface area (Å²) in [6.45, 7) is 5.78. The van der Waals surface area contributed by atoms with Crippen molar-refractivity contribution >= 4 is 17.5 Å². The molecule has 1 N–H and O–H groups in total. The maximum absolute atomic E-state index is 12.7. The van der Waals surface area contributed by atoms with Crippen LogP contribution in [0.1, 0.15) is 20.3 Å². The number of hydrogen-bond donors (Lipinski definition) is 1. The van der Waals surface area contributed by atoms with Gasteiger partial charge in [-0.2, -0.15) is 0 Å². The van der Waals surface area contributed by atoms with E-state index in [1.54, 1.807) is 0 Å². The molecule has 4 aliphatic rings. The number of piperazine rings is 1. The van der Waals surface area contributed by atoms with Gasteiger partial charge in [0.05, 0.1) is 25.8 Å². The van der Waals surface area contributed by atoms with Gasteiger partial charge < -0.3 is 19.7 Å². The Morgan fingerprint density at radius 3 is 2.86 bits per heavy atom. The highest BCUT2D eigenvalue weighted by Gasteiger charge is 2.62. The quantitative estimate of drug-likeness (QED) is 0.838. The minimum absolute atomic E-state index is 0.00266. The van der Waals surface area contributed by atoms with Crippen molar-refractivity contribution in [2.24, 2.45) is 11.3 Å². The Kier molecular flexibility index (Phi) is 3.29. The lowest BCUT2D eigenvalue weighted by atomic mass is 9.89. The lowest BCUT2D eigenvalue weighted by Gasteiger charge is -2.44. The van der Waals surface area contributed by atoms with E-state index >= 15 is 0 Å². The fraction of sp³-hybridized carbons (Fsp3) is 0.688. The highest BCUT2D eigenvalue weighted by atomic mass is 35.5. The van der Waals surface area contributed by atoms with Crippen LogP contribution in [0.25, 0.3) is 0 Å². The number of ether oxygens (including phenoxy) is 2. The van der Waals surface area contributed by atoms with Gasteiger partial charge in [0.1, 0.15) is 6.04 Å². The zero-order valence-electron chi connectivity index (χ0n) is 12.8. The predicted octanol–water partition coefficient (Wildman–Crippen LogP) is 1.59. The van der Waals surface area contributed by atoms with Crippen LogP contribution in [0.15, 0.2) is 22.9 Å². The third kappa shape index (κ3) is 2.10. The van der Waals surface area contributed by atoms with Gasteiger partial charge in [0.2, 0.25) is 5.91 Å². The molecule has 2 aliphatic heterocycles. The van der Waals surface area contributed by atoms with Gasteiger partial charge in [-0.25, -0.2) is 0 Å². The van der Waals surface area contributed by atoms with Crippen LogP contribution in [0.4, 0.5) is 0 Å². The number of nitrogens with one attached hydrogen (secondary N) is 1. The van der Waals surface area contributed by atoms with Crippen LogP contribution < -0.4 is 5.32 Å². The summed E-state index contributed by atoms with van der Waals surface area (Å²) in [6, 6.07) is -0.225. The van der Waals surface area contributed by atoms with Crippen LogP contribution in [0.3, 0.4) is 0 Å². The molecule has 4 atom stereocenters. The van der Waals surface area contributed by atoms with Crippen molar-refractivity contribution in [2.45, 2.75) is 38.6 Å². The van der Waals surface area contributed by atoms with Crippen LogP contribution in [-0.4, -0.2) is 48.9 Å². The summed E-state index contributed by atoms with van der Waals surface area (Å²) >= 11 is 6.39. The third-order valence-corrected chi connectivity index (χ3v) is 5.73. The van der Waals surface area contributed by atoms with Gasteiger partial charge in [-0.1, -0.05) is 18.5 Å². The van der Waals surface area contributed by atoms with Gasteiger partial charge in [-0.05, 0) is 25.5 Å². The number of rotatable bonds is 2. The summed E-state index contributed by atoms with van der Waals surface area (Å²) in [5.74, 6) is 0.440. The van der Waals surface area contributed by atoms with Crippen LogP contribution in [0, 0.1) is 11.3 Å². The minimum atomic E-state index is -0.317. The number of fused-ring (bicyclic) bond motifs is 3. The van der Waals surface area contributed by atoms with Crippen molar-refractivity contribution < 1.29 is 14.3 Å². The molecule has 3 fully saturated rings. The molecular weight excluding hydrogens is 304 g/mol. The van der Waals surface area contributed by atoms with Gasteiger partial charge >= 0.3 is 0 Å². The van der Waals surface area contributed by atoms with Crippen molar-refractivity contribution in [3.8, 4) is 0 Å². The molecule has 2 aliphatic carbocycles. The van der Waals surface area contributed by atoms with Gasteiger partial charge in [0, 0.05) is 22.1 Å². The Bertz CT molecular complexity index is 570. The molecule has 4 unspecified atom stereocenters. The largest absolute Gasteiger partial charge is 0.376 e. The Morgan fingerprint density at radius 2 is 2.14 bits per heavy atom. The lowest BCUT2D eigenvalue weighted by Crippen LogP contribution is -2.61. The molecule has 22 heavy (non-hydrogen) atoms. The van der Waals surface area contributed by atoms with E-state index in [4.69, 9.17) is 21.1 Å². The number of halogens is 1. The first kappa shape index (κ1) is 14.5.